The summed E-state index contributed by atoms with van der Waals surface area (Å²) in [5.41, 5.74) is 3.68. The third-order valence-electron chi connectivity index (χ3n) is 7.85. The number of nitrogens with zero attached hydrogens (tertiary/aromatic N) is 1. The van der Waals surface area contributed by atoms with E-state index in [1.54, 1.807) is 50.3 Å². The summed E-state index contributed by atoms with van der Waals surface area (Å²) < 4.78 is 37.8. The maximum atomic E-state index is 14.1. The number of hydrogen-bond donors (Lipinski definition) is 2. The molecule has 9 nitrogen and oxygen atoms in total. The van der Waals surface area contributed by atoms with Gasteiger partial charge in [0.05, 0.1) is 19.1 Å². The van der Waals surface area contributed by atoms with Crippen LogP contribution in [0.15, 0.2) is 108 Å². The molecule has 0 unspecified atom stereocenters. The fraction of sp³-hybridized carbons (Fsp3) is 0.297. The Labute approximate surface area is 278 Å². The summed E-state index contributed by atoms with van der Waals surface area (Å²) in [7, 11) is -0.358. The number of amides is 2. The Kier molecular flexibility index (Phi) is 13.0. The molecule has 0 radical (unpaired) electrons. The molecular formula is C37H43N3O6S. The molecule has 0 saturated carbocycles. The van der Waals surface area contributed by atoms with E-state index in [1.165, 1.54) is 0 Å². The molecule has 2 N–H and O–H groups in total. The van der Waals surface area contributed by atoms with Crippen molar-refractivity contribution in [2.24, 2.45) is 0 Å². The molecule has 0 aliphatic heterocycles. The number of hydrogen-bond acceptors (Lipinski definition) is 6. The van der Waals surface area contributed by atoms with Crippen molar-refractivity contribution >= 4 is 21.8 Å². The Morgan fingerprint density at radius 3 is 1.85 bits per heavy atom. The van der Waals surface area contributed by atoms with Crippen molar-refractivity contribution in [3.8, 4) is 11.5 Å². The molecule has 0 bridgehead atoms. The Hall–Kier alpha value is -4.67. The number of aryl methyl sites for hydroxylation is 1. The topological polar surface area (TPSA) is 114 Å². The van der Waals surface area contributed by atoms with Gasteiger partial charge in [0.2, 0.25) is 21.8 Å². The zero-order chi connectivity index (χ0) is 33.6. The zero-order valence-corrected chi connectivity index (χ0v) is 28.0. The van der Waals surface area contributed by atoms with Gasteiger partial charge in [0.25, 0.3) is 0 Å². The first-order valence-corrected chi connectivity index (χ1v) is 17.2. The minimum Gasteiger partial charge on any atom is -0.497 e. The first kappa shape index (κ1) is 35.2. The molecule has 0 aliphatic carbocycles. The average molecular weight is 658 g/mol. The quantitative estimate of drug-likeness (QED) is 0.167. The van der Waals surface area contributed by atoms with E-state index in [9.17, 15) is 18.0 Å². The van der Waals surface area contributed by atoms with Gasteiger partial charge in [-0.3, -0.25) is 9.59 Å². The Morgan fingerprint density at radius 2 is 1.28 bits per heavy atom. The lowest BCUT2D eigenvalue weighted by atomic mass is 10.0. The second kappa shape index (κ2) is 17.3. The predicted molar refractivity (Wildman–Crippen MR) is 183 cm³/mol. The lowest BCUT2D eigenvalue weighted by Crippen LogP contribution is -2.50. The van der Waals surface area contributed by atoms with Crippen molar-refractivity contribution in [3.63, 3.8) is 0 Å². The second-order valence-corrected chi connectivity index (χ2v) is 12.9. The molecule has 4 aromatic rings. The van der Waals surface area contributed by atoms with Crippen LogP contribution in [0.2, 0.25) is 0 Å². The van der Waals surface area contributed by atoms with Gasteiger partial charge in [-0.15, -0.1) is 0 Å². The number of rotatable bonds is 17. The van der Waals surface area contributed by atoms with E-state index < -0.39 is 16.1 Å². The van der Waals surface area contributed by atoms with Crippen molar-refractivity contribution in [2.75, 3.05) is 27.3 Å². The summed E-state index contributed by atoms with van der Waals surface area (Å²) in [5, 5.41) is 3.08. The zero-order valence-electron chi connectivity index (χ0n) is 27.1. The van der Waals surface area contributed by atoms with Crippen LogP contribution < -0.4 is 19.5 Å². The normalized spacial score (nSPS) is 11.8. The van der Waals surface area contributed by atoms with Crippen LogP contribution in [0.3, 0.4) is 0 Å². The highest BCUT2D eigenvalue weighted by Crippen LogP contribution is 2.20. The van der Waals surface area contributed by atoms with Gasteiger partial charge >= 0.3 is 0 Å². The molecule has 4 aromatic carbocycles. The van der Waals surface area contributed by atoms with E-state index in [2.05, 4.69) is 10.0 Å². The molecule has 4 rings (SSSR count). The third-order valence-corrected chi connectivity index (χ3v) is 9.41. The van der Waals surface area contributed by atoms with E-state index in [0.29, 0.717) is 38.1 Å². The van der Waals surface area contributed by atoms with Crippen molar-refractivity contribution in [1.82, 2.24) is 14.9 Å². The monoisotopic (exact) mass is 657 g/mol. The van der Waals surface area contributed by atoms with Crippen LogP contribution in [-0.2, 0) is 45.4 Å². The van der Waals surface area contributed by atoms with E-state index in [4.69, 9.17) is 9.47 Å². The van der Waals surface area contributed by atoms with Crippen molar-refractivity contribution < 1.29 is 27.5 Å². The number of carbonyl (C=O) groups is 2. The fourth-order valence-electron chi connectivity index (χ4n) is 5.23. The standard InChI is InChI=1S/C37H43N3O6S/c1-4-39-47(43,44)34-21-14-28(15-22-34)16-23-36(41)40(27-31-12-19-33(46-3)20-13-31)35(26-30-8-6-5-7-9-30)37(42)38-25-24-29-10-17-32(45-2)18-11-29/h5-15,17-22,35,39H,4,16,23-27H2,1-3H3,(H,38,42)/t35-/m1/s1. The molecule has 0 spiro atoms. The summed E-state index contributed by atoms with van der Waals surface area (Å²) in [6, 6.07) is 30.6. The largest absolute Gasteiger partial charge is 0.497 e. The minimum atomic E-state index is -3.57. The molecule has 0 saturated heterocycles. The molecule has 10 heteroatoms. The summed E-state index contributed by atoms with van der Waals surface area (Å²) in [5.74, 6) is 1.05. The SMILES string of the molecule is CCNS(=O)(=O)c1ccc(CCC(=O)N(Cc2ccc(OC)cc2)[C@H](Cc2ccccc2)C(=O)NCCc2ccc(OC)cc2)cc1. The van der Waals surface area contributed by atoms with Crippen LogP contribution >= 0.6 is 0 Å². The molecule has 0 aliphatic rings. The van der Waals surface area contributed by atoms with Gasteiger partial charge in [0, 0.05) is 32.5 Å². The summed E-state index contributed by atoms with van der Waals surface area (Å²) in [6.45, 7) is 2.65. The van der Waals surface area contributed by atoms with Gasteiger partial charge in [-0.25, -0.2) is 13.1 Å². The van der Waals surface area contributed by atoms with Crippen LogP contribution in [0.4, 0.5) is 0 Å². The molecule has 0 heterocycles. The number of carbonyl (C=O) groups excluding carboxylic acids is 2. The first-order valence-electron chi connectivity index (χ1n) is 15.7. The van der Waals surface area contributed by atoms with E-state index in [0.717, 1.165) is 28.0 Å². The van der Waals surface area contributed by atoms with Crippen molar-refractivity contribution in [1.29, 1.82) is 0 Å². The number of sulfonamides is 1. The average Bonchev–Trinajstić information content (AvgIpc) is 3.10. The molecule has 0 fully saturated rings. The predicted octanol–water partition coefficient (Wildman–Crippen LogP) is 4.93. The number of benzene rings is 4. The number of methoxy groups -OCH3 is 2. The van der Waals surface area contributed by atoms with Crippen LogP contribution in [0.5, 0.6) is 11.5 Å². The lowest BCUT2D eigenvalue weighted by molar-refractivity contribution is -0.141. The molecular weight excluding hydrogens is 614 g/mol. The van der Waals surface area contributed by atoms with Gasteiger partial charge in [0.15, 0.2) is 0 Å². The van der Waals surface area contributed by atoms with Crippen LogP contribution in [0.25, 0.3) is 0 Å². The summed E-state index contributed by atoms with van der Waals surface area (Å²) in [6.07, 6.45) is 1.49. The van der Waals surface area contributed by atoms with Gasteiger partial charge in [-0.1, -0.05) is 73.7 Å². The highest BCUT2D eigenvalue weighted by molar-refractivity contribution is 7.89. The molecule has 0 aromatic heterocycles. The van der Waals surface area contributed by atoms with Gasteiger partial charge < -0.3 is 19.7 Å². The van der Waals surface area contributed by atoms with Crippen LogP contribution in [-0.4, -0.2) is 58.5 Å². The van der Waals surface area contributed by atoms with Gasteiger partial charge in [-0.05, 0) is 71.5 Å². The van der Waals surface area contributed by atoms with Crippen LogP contribution in [0, 0.1) is 0 Å². The van der Waals surface area contributed by atoms with Crippen molar-refractivity contribution in [2.45, 2.75) is 50.1 Å². The third kappa shape index (κ3) is 10.4. The molecule has 1 atom stereocenters. The van der Waals surface area contributed by atoms with E-state index >= 15 is 0 Å². The Bertz CT molecular complexity index is 1680. The fourth-order valence-corrected chi connectivity index (χ4v) is 6.27. The number of nitrogens with one attached hydrogen (secondary N) is 2. The lowest BCUT2D eigenvalue weighted by Gasteiger charge is -2.32. The van der Waals surface area contributed by atoms with Crippen molar-refractivity contribution in [3.05, 3.63) is 125 Å². The van der Waals surface area contributed by atoms with E-state index in [-0.39, 0.29) is 29.7 Å². The maximum Gasteiger partial charge on any atom is 0.243 e. The Balaban J connectivity index is 1.56. The highest BCUT2D eigenvalue weighted by Gasteiger charge is 2.30. The summed E-state index contributed by atoms with van der Waals surface area (Å²) >= 11 is 0. The molecule has 248 valence electrons. The van der Waals surface area contributed by atoms with Gasteiger partial charge in [-0.2, -0.15) is 0 Å². The Morgan fingerprint density at radius 1 is 0.723 bits per heavy atom. The minimum absolute atomic E-state index is 0.139. The molecule has 2 amide bonds. The number of ether oxygens (including phenoxy) is 2. The summed E-state index contributed by atoms with van der Waals surface area (Å²) in [4.78, 5) is 29.8. The molecule has 47 heavy (non-hydrogen) atoms. The highest BCUT2D eigenvalue weighted by atomic mass is 32.2. The maximum absolute atomic E-state index is 14.1. The first-order chi connectivity index (χ1) is 22.7. The van der Waals surface area contributed by atoms with Gasteiger partial charge in [0.1, 0.15) is 17.5 Å². The smallest absolute Gasteiger partial charge is 0.243 e. The second-order valence-electron chi connectivity index (χ2n) is 11.1. The van der Waals surface area contributed by atoms with E-state index in [1.807, 2.05) is 78.9 Å². The van der Waals surface area contributed by atoms with Crippen LogP contribution in [0.1, 0.15) is 35.6 Å².